The second-order valence-electron chi connectivity index (χ2n) is 6.90. The number of aryl methyl sites for hydroxylation is 1. The highest BCUT2D eigenvalue weighted by Crippen LogP contribution is 2.25. The summed E-state index contributed by atoms with van der Waals surface area (Å²) in [5.74, 6) is 0.947. The number of rotatable bonds is 4. The minimum Gasteiger partial charge on any atom is -0.391 e. The fourth-order valence-electron chi connectivity index (χ4n) is 3.28. The second-order valence-corrected chi connectivity index (χ2v) is 6.90. The molecule has 2 atom stereocenters. The van der Waals surface area contributed by atoms with Gasteiger partial charge in [-0.25, -0.2) is 4.98 Å². The fraction of sp³-hybridized carbons (Fsp3) is 0.421. The van der Waals surface area contributed by atoms with E-state index in [0.29, 0.717) is 24.7 Å². The number of para-hydroxylation sites is 1. The molecular formula is C19H24N4O3. The van der Waals surface area contributed by atoms with Gasteiger partial charge in [0.25, 0.3) is 5.56 Å². The topological polar surface area (TPSA) is 78.7 Å². The predicted octanol–water partition coefficient (Wildman–Crippen LogP) is 0.816. The SMILES string of the molecule is Cc1nc(N2C[C@@H](CC(=O)N(C)C)[C@H](O)C2)cc(=O)n1-c1ccccc1. The van der Waals surface area contributed by atoms with Crippen molar-refractivity contribution >= 4 is 11.7 Å². The molecule has 7 nitrogen and oxygen atoms in total. The summed E-state index contributed by atoms with van der Waals surface area (Å²) >= 11 is 0. The summed E-state index contributed by atoms with van der Waals surface area (Å²) in [6, 6.07) is 10.8. The molecule has 0 bridgehead atoms. The molecule has 1 aliphatic rings. The number of benzene rings is 1. The Bertz CT molecular complexity index is 848. The van der Waals surface area contributed by atoms with Gasteiger partial charge in [0.05, 0.1) is 11.8 Å². The van der Waals surface area contributed by atoms with Crippen molar-refractivity contribution in [3.05, 3.63) is 52.6 Å². The van der Waals surface area contributed by atoms with Gasteiger partial charge >= 0.3 is 0 Å². The fourth-order valence-corrected chi connectivity index (χ4v) is 3.28. The summed E-state index contributed by atoms with van der Waals surface area (Å²) in [6.45, 7) is 2.66. The Morgan fingerprint density at radius 3 is 2.58 bits per heavy atom. The maximum atomic E-state index is 12.6. The number of aliphatic hydroxyl groups excluding tert-OH is 1. The molecule has 2 heterocycles. The number of nitrogens with zero attached hydrogens (tertiary/aromatic N) is 4. The van der Waals surface area contributed by atoms with Gasteiger partial charge in [-0.1, -0.05) is 18.2 Å². The van der Waals surface area contributed by atoms with E-state index >= 15 is 0 Å². The Morgan fingerprint density at radius 1 is 1.27 bits per heavy atom. The van der Waals surface area contributed by atoms with Gasteiger partial charge in [-0.05, 0) is 19.1 Å². The highest BCUT2D eigenvalue weighted by atomic mass is 16.3. The van der Waals surface area contributed by atoms with Crippen molar-refractivity contribution in [1.29, 1.82) is 0 Å². The Hall–Kier alpha value is -2.67. The molecule has 0 radical (unpaired) electrons. The number of β-amino-alcohol motifs (C(OH)–C–C–N with tert-alkyl or cyclic N) is 1. The van der Waals surface area contributed by atoms with Gasteiger partial charge in [-0.3, -0.25) is 14.2 Å². The van der Waals surface area contributed by atoms with Crippen molar-refractivity contribution in [2.45, 2.75) is 19.4 Å². The van der Waals surface area contributed by atoms with Crippen LogP contribution in [0, 0.1) is 12.8 Å². The number of hydrogen-bond acceptors (Lipinski definition) is 5. The number of hydrogen-bond donors (Lipinski definition) is 1. The normalized spacial score (nSPS) is 19.6. The molecule has 0 aliphatic carbocycles. The molecule has 1 N–H and O–H groups in total. The molecule has 1 aliphatic heterocycles. The van der Waals surface area contributed by atoms with Crippen molar-refractivity contribution in [2.75, 3.05) is 32.1 Å². The van der Waals surface area contributed by atoms with Crippen LogP contribution in [-0.4, -0.2) is 58.8 Å². The van der Waals surface area contributed by atoms with E-state index in [-0.39, 0.29) is 23.8 Å². The van der Waals surface area contributed by atoms with Crippen molar-refractivity contribution in [1.82, 2.24) is 14.5 Å². The molecule has 26 heavy (non-hydrogen) atoms. The van der Waals surface area contributed by atoms with Crippen LogP contribution in [0.3, 0.4) is 0 Å². The Labute approximate surface area is 152 Å². The number of aromatic nitrogens is 2. The molecular weight excluding hydrogens is 332 g/mol. The molecule has 0 spiro atoms. The first-order chi connectivity index (χ1) is 12.4. The highest BCUT2D eigenvalue weighted by Gasteiger charge is 2.34. The first-order valence-electron chi connectivity index (χ1n) is 8.66. The maximum Gasteiger partial charge on any atom is 0.260 e. The number of carbonyl (C=O) groups is 1. The van der Waals surface area contributed by atoms with Gasteiger partial charge in [0.1, 0.15) is 11.6 Å². The van der Waals surface area contributed by atoms with Gasteiger partial charge in [0, 0.05) is 45.6 Å². The van der Waals surface area contributed by atoms with Gasteiger partial charge < -0.3 is 14.9 Å². The number of carbonyl (C=O) groups excluding carboxylic acids is 1. The molecule has 138 valence electrons. The lowest BCUT2D eigenvalue weighted by Gasteiger charge is -2.19. The number of amides is 1. The van der Waals surface area contributed by atoms with Crippen LogP contribution in [0.4, 0.5) is 5.82 Å². The van der Waals surface area contributed by atoms with E-state index in [1.54, 1.807) is 25.6 Å². The van der Waals surface area contributed by atoms with Crippen LogP contribution in [0.5, 0.6) is 0 Å². The van der Waals surface area contributed by atoms with E-state index in [1.165, 1.54) is 11.0 Å². The number of anilines is 1. The Kier molecular flexibility index (Phi) is 5.08. The zero-order chi connectivity index (χ0) is 18.8. The minimum atomic E-state index is -0.613. The molecule has 1 amide bonds. The van der Waals surface area contributed by atoms with E-state index in [4.69, 9.17) is 0 Å². The lowest BCUT2D eigenvalue weighted by Crippen LogP contribution is -2.29. The van der Waals surface area contributed by atoms with E-state index in [0.717, 1.165) is 5.69 Å². The molecule has 1 aromatic heterocycles. The first kappa shape index (κ1) is 18.1. The van der Waals surface area contributed by atoms with Crippen molar-refractivity contribution in [3.8, 4) is 5.69 Å². The predicted molar refractivity (Wildman–Crippen MR) is 99.6 cm³/mol. The molecule has 1 saturated heterocycles. The third kappa shape index (κ3) is 3.62. The van der Waals surface area contributed by atoms with Gasteiger partial charge in [0.15, 0.2) is 0 Å². The summed E-state index contributed by atoms with van der Waals surface area (Å²) in [7, 11) is 3.41. The quantitative estimate of drug-likeness (QED) is 0.877. The van der Waals surface area contributed by atoms with Crippen molar-refractivity contribution in [2.24, 2.45) is 5.92 Å². The highest BCUT2D eigenvalue weighted by molar-refractivity contribution is 5.76. The lowest BCUT2D eigenvalue weighted by atomic mass is 10.0. The smallest absolute Gasteiger partial charge is 0.260 e. The Morgan fingerprint density at radius 2 is 1.96 bits per heavy atom. The largest absolute Gasteiger partial charge is 0.391 e. The third-order valence-electron chi connectivity index (χ3n) is 4.75. The summed E-state index contributed by atoms with van der Waals surface area (Å²) in [5, 5.41) is 10.3. The van der Waals surface area contributed by atoms with Crippen LogP contribution in [0.2, 0.25) is 0 Å². The van der Waals surface area contributed by atoms with Crippen molar-refractivity contribution in [3.63, 3.8) is 0 Å². The maximum absolute atomic E-state index is 12.6. The van der Waals surface area contributed by atoms with Crippen LogP contribution in [-0.2, 0) is 4.79 Å². The van der Waals surface area contributed by atoms with E-state index in [2.05, 4.69) is 4.98 Å². The molecule has 1 aromatic carbocycles. The van der Waals surface area contributed by atoms with E-state index < -0.39 is 6.10 Å². The average Bonchev–Trinajstić information content (AvgIpc) is 2.96. The molecule has 7 heteroatoms. The van der Waals surface area contributed by atoms with Crippen LogP contribution in [0.25, 0.3) is 5.69 Å². The zero-order valence-corrected chi connectivity index (χ0v) is 15.3. The molecule has 0 unspecified atom stereocenters. The molecule has 0 saturated carbocycles. The first-order valence-corrected chi connectivity index (χ1v) is 8.66. The Balaban J connectivity index is 1.83. The van der Waals surface area contributed by atoms with Crippen LogP contribution < -0.4 is 10.5 Å². The van der Waals surface area contributed by atoms with Gasteiger partial charge in [-0.15, -0.1) is 0 Å². The second kappa shape index (κ2) is 7.29. The minimum absolute atomic E-state index is 0.0143. The van der Waals surface area contributed by atoms with Crippen LogP contribution in [0.1, 0.15) is 12.2 Å². The van der Waals surface area contributed by atoms with Gasteiger partial charge in [-0.2, -0.15) is 0 Å². The number of aliphatic hydroxyl groups is 1. The van der Waals surface area contributed by atoms with Crippen LogP contribution in [0.15, 0.2) is 41.2 Å². The van der Waals surface area contributed by atoms with E-state index in [1.807, 2.05) is 35.2 Å². The molecule has 3 rings (SSSR count). The molecule has 2 aromatic rings. The monoisotopic (exact) mass is 356 g/mol. The van der Waals surface area contributed by atoms with E-state index in [9.17, 15) is 14.7 Å². The van der Waals surface area contributed by atoms with Crippen molar-refractivity contribution < 1.29 is 9.90 Å². The summed E-state index contributed by atoms with van der Waals surface area (Å²) < 4.78 is 1.56. The summed E-state index contributed by atoms with van der Waals surface area (Å²) in [4.78, 5) is 32.5. The van der Waals surface area contributed by atoms with Crippen LogP contribution >= 0.6 is 0 Å². The van der Waals surface area contributed by atoms with Gasteiger partial charge in [0.2, 0.25) is 5.91 Å². The summed E-state index contributed by atoms with van der Waals surface area (Å²) in [6.07, 6.45) is -0.331. The third-order valence-corrected chi connectivity index (χ3v) is 4.75. The molecule has 1 fully saturated rings. The summed E-state index contributed by atoms with van der Waals surface area (Å²) in [5.41, 5.74) is 0.603. The lowest BCUT2D eigenvalue weighted by molar-refractivity contribution is -0.130. The average molecular weight is 356 g/mol. The zero-order valence-electron chi connectivity index (χ0n) is 15.3. The standard InChI is InChI=1S/C19H24N4O3/c1-13-20-17(10-19(26)23(13)15-7-5-4-6-8-15)22-11-14(16(24)12-22)9-18(25)21(2)3/h4-8,10,14,16,24H,9,11-12H2,1-3H3/t14-,16-/m1/s1.